The zero-order valence-corrected chi connectivity index (χ0v) is 12.2. The number of hydrogen-bond acceptors (Lipinski definition) is 3. The molecule has 3 nitrogen and oxygen atoms in total. The van der Waals surface area contributed by atoms with Gasteiger partial charge in [-0.05, 0) is 35.7 Å². The largest absolute Gasteiger partial charge is 0.496 e. The topological polar surface area (TPSA) is 30.5 Å². The molecule has 0 radical (unpaired) electrons. The Bertz CT molecular complexity index is 657. The Morgan fingerprint density at radius 3 is 2.62 bits per heavy atom. The molecule has 1 N–H and O–H groups in total. The Hall–Kier alpha value is -2.07. The molecule has 0 fully saturated rings. The van der Waals surface area contributed by atoms with Crippen LogP contribution in [0.15, 0.2) is 36.4 Å². The van der Waals surface area contributed by atoms with Gasteiger partial charge in [-0.25, -0.2) is 4.39 Å². The summed E-state index contributed by atoms with van der Waals surface area (Å²) in [6, 6.07) is 11.1. The van der Waals surface area contributed by atoms with E-state index in [4.69, 9.17) is 9.47 Å². The first-order valence-corrected chi connectivity index (χ1v) is 6.97. The van der Waals surface area contributed by atoms with Crippen LogP contribution < -0.4 is 14.8 Å². The minimum Gasteiger partial charge on any atom is -0.496 e. The maximum Gasteiger partial charge on any atom is 0.165 e. The molecule has 0 spiro atoms. The van der Waals surface area contributed by atoms with E-state index in [1.165, 1.54) is 18.7 Å². The van der Waals surface area contributed by atoms with Crippen LogP contribution in [-0.4, -0.2) is 20.8 Å². The molecule has 0 saturated heterocycles. The molecule has 2 aromatic carbocycles. The Kier molecular flexibility index (Phi) is 3.80. The van der Waals surface area contributed by atoms with Crippen molar-refractivity contribution >= 4 is 0 Å². The fourth-order valence-corrected chi connectivity index (χ4v) is 2.92. The number of rotatable bonds is 3. The molecule has 0 bridgehead atoms. The second-order valence-electron chi connectivity index (χ2n) is 5.06. The molecule has 0 amide bonds. The van der Waals surface area contributed by atoms with E-state index in [0.29, 0.717) is 0 Å². The fourth-order valence-electron chi connectivity index (χ4n) is 2.92. The van der Waals surface area contributed by atoms with Crippen molar-refractivity contribution in [2.75, 3.05) is 20.8 Å². The predicted octanol–water partition coefficient (Wildman–Crippen LogP) is 3.08. The first kappa shape index (κ1) is 13.9. The third kappa shape index (κ3) is 2.47. The highest BCUT2D eigenvalue weighted by atomic mass is 19.1. The summed E-state index contributed by atoms with van der Waals surface area (Å²) >= 11 is 0. The normalized spacial score (nSPS) is 17.2. The van der Waals surface area contributed by atoms with Crippen molar-refractivity contribution in [1.29, 1.82) is 0 Å². The van der Waals surface area contributed by atoms with Crippen LogP contribution in [0.1, 0.15) is 22.7 Å². The van der Waals surface area contributed by atoms with Gasteiger partial charge in [0.2, 0.25) is 0 Å². The second kappa shape index (κ2) is 5.74. The molecule has 110 valence electrons. The maximum atomic E-state index is 13.9. The van der Waals surface area contributed by atoms with E-state index in [2.05, 4.69) is 11.4 Å². The van der Waals surface area contributed by atoms with Gasteiger partial charge in [0.1, 0.15) is 5.75 Å². The molecule has 4 heteroatoms. The number of ether oxygens (including phenoxy) is 2. The van der Waals surface area contributed by atoms with Crippen molar-refractivity contribution in [2.24, 2.45) is 0 Å². The van der Waals surface area contributed by atoms with Crippen LogP contribution in [0.2, 0.25) is 0 Å². The minimum absolute atomic E-state index is 0.0238. The molecule has 1 heterocycles. The van der Waals surface area contributed by atoms with Gasteiger partial charge in [-0.15, -0.1) is 0 Å². The molecule has 2 aromatic rings. The zero-order chi connectivity index (χ0) is 14.8. The predicted molar refractivity (Wildman–Crippen MR) is 79.5 cm³/mol. The van der Waals surface area contributed by atoms with Crippen LogP contribution in [0.25, 0.3) is 0 Å². The van der Waals surface area contributed by atoms with E-state index in [-0.39, 0.29) is 17.6 Å². The average Bonchev–Trinajstić information content (AvgIpc) is 2.53. The molecule has 1 aliphatic rings. The summed E-state index contributed by atoms with van der Waals surface area (Å²) in [5, 5.41) is 3.44. The summed E-state index contributed by atoms with van der Waals surface area (Å²) in [7, 11) is 3.15. The van der Waals surface area contributed by atoms with Gasteiger partial charge in [-0.3, -0.25) is 0 Å². The summed E-state index contributed by atoms with van der Waals surface area (Å²) in [6.45, 7) is 0.839. The molecule has 0 aliphatic carbocycles. The number of halogens is 1. The number of hydrogen-bond donors (Lipinski definition) is 1. The monoisotopic (exact) mass is 287 g/mol. The molecular formula is C17H18FNO2. The zero-order valence-electron chi connectivity index (χ0n) is 12.2. The van der Waals surface area contributed by atoms with Gasteiger partial charge >= 0.3 is 0 Å². The van der Waals surface area contributed by atoms with Crippen molar-refractivity contribution in [3.05, 3.63) is 58.9 Å². The lowest BCUT2D eigenvalue weighted by molar-refractivity contribution is 0.385. The van der Waals surface area contributed by atoms with Crippen molar-refractivity contribution in [1.82, 2.24) is 5.32 Å². The van der Waals surface area contributed by atoms with Gasteiger partial charge in [0.25, 0.3) is 0 Å². The van der Waals surface area contributed by atoms with Crippen LogP contribution in [0.3, 0.4) is 0 Å². The van der Waals surface area contributed by atoms with Crippen molar-refractivity contribution < 1.29 is 13.9 Å². The Balaban J connectivity index is 2.04. The lowest BCUT2D eigenvalue weighted by Gasteiger charge is -2.28. The van der Waals surface area contributed by atoms with Crippen LogP contribution in [-0.2, 0) is 6.42 Å². The van der Waals surface area contributed by atoms with Gasteiger partial charge in [0, 0.05) is 12.1 Å². The number of fused-ring (bicyclic) bond motifs is 1. The lowest BCUT2D eigenvalue weighted by atomic mass is 9.89. The van der Waals surface area contributed by atoms with E-state index in [1.54, 1.807) is 13.2 Å². The van der Waals surface area contributed by atoms with Crippen LogP contribution >= 0.6 is 0 Å². The molecule has 1 atom stereocenters. The first-order chi connectivity index (χ1) is 10.2. The van der Waals surface area contributed by atoms with E-state index in [0.717, 1.165) is 29.8 Å². The highest BCUT2D eigenvalue weighted by Crippen LogP contribution is 2.34. The Labute approximate surface area is 123 Å². The Morgan fingerprint density at radius 1 is 1.10 bits per heavy atom. The van der Waals surface area contributed by atoms with Crippen molar-refractivity contribution in [3.63, 3.8) is 0 Å². The van der Waals surface area contributed by atoms with E-state index < -0.39 is 0 Å². The highest BCUT2D eigenvalue weighted by Gasteiger charge is 2.24. The van der Waals surface area contributed by atoms with Gasteiger partial charge in [0.15, 0.2) is 11.6 Å². The quantitative estimate of drug-likeness (QED) is 0.941. The third-order valence-electron chi connectivity index (χ3n) is 3.93. The standard InChI is InChI=1S/C17H18FNO2/c1-20-15-5-3-4-13-12(15)8-9-19-17(13)11-6-7-16(21-2)14(18)10-11/h3-7,10,17,19H,8-9H2,1-2H3. The van der Waals surface area contributed by atoms with E-state index >= 15 is 0 Å². The van der Waals surface area contributed by atoms with Crippen molar-refractivity contribution in [2.45, 2.75) is 12.5 Å². The average molecular weight is 287 g/mol. The molecule has 0 saturated carbocycles. The summed E-state index contributed by atoms with van der Waals surface area (Å²) in [6.07, 6.45) is 0.911. The minimum atomic E-state index is -0.341. The molecule has 21 heavy (non-hydrogen) atoms. The third-order valence-corrected chi connectivity index (χ3v) is 3.93. The van der Waals surface area contributed by atoms with Gasteiger partial charge in [0.05, 0.1) is 20.3 Å². The molecule has 1 aliphatic heterocycles. The number of nitrogens with one attached hydrogen (secondary N) is 1. The van der Waals surface area contributed by atoms with Crippen LogP contribution in [0.5, 0.6) is 11.5 Å². The maximum absolute atomic E-state index is 13.9. The second-order valence-corrected chi connectivity index (χ2v) is 5.06. The fraction of sp³-hybridized carbons (Fsp3) is 0.294. The van der Waals surface area contributed by atoms with Gasteiger partial charge in [-0.1, -0.05) is 18.2 Å². The number of benzene rings is 2. The molecule has 0 aromatic heterocycles. The van der Waals surface area contributed by atoms with Crippen LogP contribution in [0, 0.1) is 5.82 Å². The number of methoxy groups -OCH3 is 2. The van der Waals surface area contributed by atoms with E-state index in [9.17, 15) is 4.39 Å². The lowest BCUT2D eigenvalue weighted by Crippen LogP contribution is -2.30. The van der Waals surface area contributed by atoms with Crippen molar-refractivity contribution in [3.8, 4) is 11.5 Å². The summed E-state index contributed by atoms with van der Waals surface area (Å²) in [5.41, 5.74) is 3.23. The summed E-state index contributed by atoms with van der Waals surface area (Å²) < 4.78 is 24.4. The SMILES string of the molecule is COc1ccc(C2NCCc3c(OC)cccc32)cc1F. The highest BCUT2D eigenvalue weighted by molar-refractivity contribution is 5.47. The molecule has 3 rings (SSSR count). The van der Waals surface area contributed by atoms with Gasteiger partial charge < -0.3 is 14.8 Å². The summed E-state index contributed by atoms with van der Waals surface area (Å²) in [5.74, 6) is 0.820. The van der Waals surface area contributed by atoms with E-state index in [1.807, 2.05) is 18.2 Å². The summed E-state index contributed by atoms with van der Waals surface area (Å²) in [4.78, 5) is 0. The molecular weight excluding hydrogens is 269 g/mol. The molecule has 1 unspecified atom stereocenters. The Morgan fingerprint density at radius 2 is 1.90 bits per heavy atom. The smallest absolute Gasteiger partial charge is 0.165 e. The first-order valence-electron chi connectivity index (χ1n) is 6.97. The van der Waals surface area contributed by atoms with Crippen LogP contribution in [0.4, 0.5) is 4.39 Å². The van der Waals surface area contributed by atoms with Gasteiger partial charge in [-0.2, -0.15) is 0 Å².